The van der Waals surface area contributed by atoms with Crippen LogP contribution in [-0.4, -0.2) is 60.0 Å². The molecule has 5 N–H and O–H groups in total. The third-order valence-electron chi connectivity index (χ3n) is 9.03. The SMILES string of the molecule is O=C(NC1CCC(O)CC1)c1noc(-c2cnc3[nH]ccc3c2NC2C3CC4CC2CC(O)(C4)C3)n1. The summed E-state index contributed by atoms with van der Waals surface area (Å²) in [6, 6.07) is 2.25. The Labute approximate surface area is 208 Å². The monoisotopic (exact) mass is 492 g/mol. The van der Waals surface area contributed by atoms with Crippen LogP contribution in [-0.2, 0) is 0 Å². The van der Waals surface area contributed by atoms with Gasteiger partial charge >= 0.3 is 0 Å². The van der Waals surface area contributed by atoms with E-state index in [0.29, 0.717) is 36.2 Å². The topological polar surface area (TPSA) is 149 Å². The van der Waals surface area contributed by atoms with Gasteiger partial charge in [-0.3, -0.25) is 4.79 Å². The number of anilines is 1. The van der Waals surface area contributed by atoms with Gasteiger partial charge in [-0.1, -0.05) is 5.16 Å². The second-order valence-corrected chi connectivity index (χ2v) is 11.6. The summed E-state index contributed by atoms with van der Waals surface area (Å²) in [5.41, 5.74) is 1.81. The van der Waals surface area contributed by atoms with Crippen LogP contribution in [0.25, 0.3) is 22.5 Å². The molecular formula is C26H32N6O4. The maximum atomic E-state index is 12.8. The van der Waals surface area contributed by atoms with Gasteiger partial charge in [0.15, 0.2) is 0 Å². The van der Waals surface area contributed by atoms with Gasteiger partial charge in [-0.2, -0.15) is 4.98 Å². The van der Waals surface area contributed by atoms with Gasteiger partial charge in [0, 0.05) is 29.9 Å². The van der Waals surface area contributed by atoms with Crippen molar-refractivity contribution in [1.29, 1.82) is 0 Å². The van der Waals surface area contributed by atoms with Crippen LogP contribution >= 0.6 is 0 Å². The quantitative estimate of drug-likeness (QED) is 0.365. The molecule has 3 aromatic heterocycles. The lowest BCUT2D eigenvalue weighted by atomic mass is 9.52. The lowest BCUT2D eigenvalue weighted by molar-refractivity contribution is -0.129. The first kappa shape index (κ1) is 22.2. The van der Waals surface area contributed by atoms with Crippen molar-refractivity contribution in [2.24, 2.45) is 17.8 Å². The number of fused-ring (bicyclic) bond motifs is 1. The van der Waals surface area contributed by atoms with E-state index >= 15 is 0 Å². The molecule has 10 heteroatoms. The fraction of sp³-hybridized carbons (Fsp3) is 0.615. The number of carbonyl (C=O) groups is 1. The number of amides is 1. The van der Waals surface area contributed by atoms with Crippen LogP contribution < -0.4 is 10.6 Å². The summed E-state index contributed by atoms with van der Waals surface area (Å²) in [6.45, 7) is 0. The molecule has 5 aliphatic carbocycles. The molecular weight excluding hydrogens is 460 g/mol. The summed E-state index contributed by atoms with van der Waals surface area (Å²) in [6.07, 6.45) is 11.1. The Morgan fingerprint density at radius 1 is 1.14 bits per heavy atom. The molecule has 3 heterocycles. The molecule has 1 amide bonds. The largest absolute Gasteiger partial charge is 0.393 e. The number of nitrogens with one attached hydrogen (secondary N) is 3. The standard InChI is InChI=1S/C26H32N6O4/c33-17-3-1-16(2-4-17)29-24(34)23-31-25(36-32-23)19-12-28-22-18(5-6-27-22)21(19)30-20-14-7-13-8-15(20)11-26(35,9-13)10-14/h5-6,12-17,20,33,35H,1-4,7-11H2,(H,29,34)(H2,27,28,30). The summed E-state index contributed by atoms with van der Waals surface area (Å²) in [5, 5.41) is 32.4. The molecule has 0 radical (unpaired) electrons. The molecule has 2 atom stereocenters. The number of hydrogen-bond donors (Lipinski definition) is 5. The smallest absolute Gasteiger partial charge is 0.292 e. The third-order valence-corrected chi connectivity index (χ3v) is 9.03. The molecule has 0 saturated heterocycles. The van der Waals surface area contributed by atoms with Crippen molar-refractivity contribution in [3.05, 3.63) is 24.3 Å². The molecule has 5 saturated carbocycles. The molecule has 0 aromatic carbocycles. The molecule has 0 aliphatic heterocycles. The molecule has 5 aliphatic rings. The molecule has 0 spiro atoms. The molecule has 10 nitrogen and oxygen atoms in total. The summed E-state index contributed by atoms with van der Waals surface area (Å²) in [7, 11) is 0. The first-order valence-corrected chi connectivity index (χ1v) is 13.2. The highest BCUT2D eigenvalue weighted by atomic mass is 16.5. The van der Waals surface area contributed by atoms with E-state index in [2.05, 4.69) is 30.7 Å². The molecule has 190 valence electrons. The Balaban J connectivity index is 1.17. The lowest BCUT2D eigenvalue weighted by Gasteiger charge is -2.58. The van der Waals surface area contributed by atoms with Crippen LogP contribution in [0.1, 0.15) is 68.4 Å². The van der Waals surface area contributed by atoms with E-state index in [9.17, 15) is 15.0 Å². The third kappa shape index (κ3) is 3.78. The highest BCUT2D eigenvalue weighted by Crippen LogP contribution is 2.56. The number of carbonyl (C=O) groups excluding carboxylic acids is 1. The predicted octanol–water partition coefficient (Wildman–Crippen LogP) is 3.00. The maximum Gasteiger partial charge on any atom is 0.292 e. The van der Waals surface area contributed by atoms with Crippen molar-refractivity contribution < 1.29 is 19.5 Å². The van der Waals surface area contributed by atoms with Crippen LogP contribution in [0.5, 0.6) is 0 Å². The van der Waals surface area contributed by atoms with Gasteiger partial charge in [0.25, 0.3) is 17.6 Å². The minimum absolute atomic E-state index is 0.00434. The number of H-pyrrole nitrogens is 1. The highest BCUT2D eigenvalue weighted by molar-refractivity contribution is 5.97. The summed E-state index contributed by atoms with van der Waals surface area (Å²) >= 11 is 0. The fourth-order valence-corrected chi connectivity index (χ4v) is 7.60. The van der Waals surface area contributed by atoms with Gasteiger partial charge in [-0.25, -0.2) is 4.98 Å². The summed E-state index contributed by atoms with van der Waals surface area (Å²) in [4.78, 5) is 24.9. The second kappa shape index (κ2) is 8.27. The Kier molecular flexibility index (Phi) is 5.11. The van der Waals surface area contributed by atoms with Crippen molar-refractivity contribution in [3.8, 4) is 11.5 Å². The van der Waals surface area contributed by atoms with Crippen LogP contribution in [0.4, 0.5) is 5.69 Å². The van der Waals surface area contributed by atoms with Crippen molar-refractivity contribution in [1.82, 2.24) is 25.4 Å². The van der Waals surface area contributed by atoms with E-state index in [-0.39, 0.29) is 35.8 Å². The van der Waals surface area contributed by atoms with Gasteiger partial charge in [0.2, 0.25) is 0 Å². The minimum atomic E-state index is -0.496. The molecule has 8 rings (SSSR count). The highest BCUT2D eigenvalue weighted by Gasteiger charge is 2.54. The Bertz CT molecular complexity index is 1280. The Morgan fingerprint density at radius 3 is 2.67 bits per heavy atom. The first-order chi connectivity index (χ1) is 17.4. The number of aliphatic hydroxyl groups excluding tert-OH is 1. The van der Waals surface area contributed by atoms with E-state index in [0.717, 1.165) is 61.7 Å². The molecule has 36 heavy (non-hydrogen) atoms. The maximum absolute atomic E-state index is 12.8. The van der Waals surface area contributed by atoms with E-state index in [4.69, 9.17) is 4.52 Å². The summed E-state index contributed by atoms with van der Waals surface area (Å²) < 4.78 is 5.58. The van der Waals surface area contributed by atoms with E-state index in [1.54, 1.807) is 6.20 Å². The molecule has 5 fully saturated rings. The van der Waals surface area contributed by atoms with E-state index < -0.39 is 5.60 Å². The van der Waals surface area contributed by atoms with Crippen molar-refractivity contribution in [3.63, 3.8) is 0 Å². The number of aromatic amines is 1. The molecule has 3 aromatic rings. The predicted molar refractivity (Wildman–Crippen MR) is 131 cm³/mol. The van der Waals surface area contributed by atoms with Gasteiger partial charge in [0.05, 0.1) is 23.0 Å². The van der Waals surface area contributed by atoms with Crippen LogP contribution in [0.15, 0.2) is 23.0 Å². The van der Waals surface area contributed by atoms with Crippen LogP contribution in [0.2, 0.25) is 0 Å². The normalized spacial score (nSPS) is 35.3. The van der Waals surface area contributed by atoms with Gasteiger partial charge in [0.1, 0.15) is 5.65 Å². The van der Waals surface area contributed by atoms with Crippen LogP contribution in [0.3, 0.4) is 0 Å². The summed E-state index contributed by atoms with van der Waals surface area (Å²) in [5.74, 6) is 1.35. The number of hydrogen-bond acceptors (Lipinski definition) is 8. The van der Waals surface area contributed by atoms with Gasteiger partial charge in [-0.15, -0.1) is 0 Å². The molecule has 2 unspecified atom stereocenters. The van der Waals surface area contributed by atoms with Crippen molar-refractivity contribution in [2.45, 2.75) is 81.6 Å². The Morgan fingerprint density at radius 2 is 1.92 bits per heavy atom. The van der Waals surface area contributed by atoms with E-state index in [1.165, 1.54) is 0 Å². The van der Waals surface area contributed by atoms with Gasteiger partial charge in [-0.05, 0) is 81.6 Å². The fourth-order valence-electron chi connectivity index (χ4n) is 7.60. The lowest BCUT2D eigenvalue weighted by Crippen LogP contribution is -2.59. The number of pyridine rings is 1. The zero-order chi connectivity index (χ0) is 24.4. The Hall–Kier alpha value is -2.98. The number of aliphatic hydroxyl groups is 2. The first-order valence-electron chi connectivity index (χ1n) is 13.2. The van der Waals surface area contributed by atoms with Gasteiger partial charge < -0.3 is 30.4 Å². The number of rotatable bonds is 5. The zero-order valence-corrected chi connectivity index (χ0v) is 20.1. The number of aromatic nitrogens is 4. The second-order valence-electron chi connectivity index (χ2n) is 11.6. The average molecular weight is 493 g/mol. The van der Waals surface area contributed by atoms with Crippen LogP contribution in [0, 0.1) is 17.8 Å². The van der Waals surface area contributed by atoms with Crippen molar-refractivity contribution >= 4 is 22.6 Å². The minimum Gasteiger partial charge on any atom is -0.393 e. The number of nitrogens with zero attached hydrogens (tertiary/aromatic N) is 3. The zero-order valence-electron chi connectivity index (χ0n) is 20.1. The van der Waals surface area contributed by atoms with E-state index in [1.807, 2.05) is 12.3 Å². The van der Waals surface area contributed by atoms with Crippen molar-refractivity contribution in [2.75, 3.05) is 5.32 Å². The molecule has 4 bridgehead atoms. The average Bonchev–Trinajstić information content (AvgIpc) is 3.52.